The third-order valence-electron chi connectivity index (χ3n) is 3.29. The molecule has 0 bridgehead atoms. The maximum Gasteiger partial charge on any atom is 0.309 e. The fourth-order valence-electron chi connectivity index (χ4n) is 2.03. The Morgan fingerprint density at radius 1 is 1.18 bits per heavy atom. The van der Waals surface area contributed by atoms with Gasteiger partial charge >= 0.3 is 5.97 Å². The molecule has 0 radical (unpaired) electrons. The van der Waals surface area contributed by atoms with Gasteiger partial charge in [0.05, 0.1) is 10.6 Å². The molecule has 0 aliphatic rings. The van der Waals surface area contributed by atoms with Gasteiger partial charge in [0.15, 0.2) is 4.80 Å². The molecule has 0 unspecified atom stereocenters. The smallest absolute Gasteiger partial charge is 0.309 e. The number of rotatable bonds is 2. The van der Waals surface area contributed by atoms with Crippen LogP contribution in [-0.4, -0.2) is 16.4 Å². The van der Waals surface area contributed by atoms with E-state index >= 15 is 0 Å². The van der Waals surface area contributed by atoms with Gasteiger partial charge in [-0.3, -0.25) is 9.59 Å². The predicted molar refractivity (Wildman–Crippen MR) is 85.8 cm³/mol. The van der Waals surface area contributed by atoms with Crippen molar-refractivity contribution in [3.05, 3.63) is 39.0 Å². The van der Waals surface area contributed by atoms with Crippen molar-refractivity contribution in [1.82, 2.24) is 4.57 Å². The van der Waals surface area contributed by atoms with E-state index in [1.54, 1.807) is 6.92 Å². The Balaban J connectivity index is 2.70. The molecule has 2 rings (SSSR count). The second-order valence-electron chi connectivity index (χ2n) is 5.02. The molecule has 1 heterocycles. The predicted octanol–water partition coefficient (Wildman–Crippen LogP) is 3.29. The van der Waals surface area contributed by atoms with E-state index in [-0.39, 0.29) is 11.8 Å². The van der Waals surface area contributed by atoms with Crippen molar-refractivity contribution in [2.75, 3.05) is 0 Å². The Labute approximate surface area is 132 Å². The molecule has 2 aromatic rings. The summed E-state index contributed by atoms with van der Waals surface area (Å²) in [5.41, 5.74) is 2.98. The minimum absolute atomic E-state index is 0.244. The van der Waals surface area contributed by atoms with Crippen molar-refractivity contribution in [1.29, 1.82) is 0 Å². The number of hydrogen-bond acceptors (Lipinski definition) is 5. The van der Waals surface area contributed by atoms with Crippen molar-refractivity contribution in [2.24, 2.45) is 4.99 Å². The van der Waals surface area contributed by atoms with Crippen LogP contribution in [0.3, 0.4) is 0 Å². The second kappa shape index (κ2) is 6.27. The monoisotopic (exact) mass is 318 g/mol. The van der Waals surface area contributed by atoms with E-state index in [9.17, 15) is 9.59 Å². The Kier molecular flexibility index (Phi) is 4.61. The number of hydrogen-bond donors (Lipinski definition) is 0. The first-order valence-corrected chi connectivity index (χ1v) is 7.65. The summed E-state index contributed by atoms with van der Waals surface area (Å²) >= 11 is 1.32. The standard InChI is InChI=1S/C16H18N2O3S/c1-9-7-6-8-14(10(9)2)17-16-18(12(4)19)15(11(3)22-16)21-13(5)20/h6-8H,1-5H3. The van der Waals surface area contributed by atoms with E-state index in [4.69, 9.17) is 4.74 Å². The van der Waals surface area contributed by atoms with Crippen LogP contribution in [0.5, 0.6) is 5.88 Å². The molecule has 0 saturated heterocycles. The molecule has 0 amide bonds. The van der Waals surface area contributed by atoms with Gasteiger partial charge < -0.3 is 4.74 Å². The molecule has 0 atom stereocenters. The minimum Gasteiger partial charge on any atom is -0.408 e. The molecule has 22 heavy (non-hydrogen) atoms. The number of thiazole rings is 1. The lowest BCUT2D eigenvalue weighted by atomic mass is 10.1. The summed E-state index contributed by atoms with van der Waals surface area (Å²) in [6, 6.07) is 5.83. The Morgan fingerprint density at radius 2 is 1.86 bits per heavy atom. The van der Waals surface area contributed by atoms with Crippen LogP contribution in [0, 0.1) is 20.8 Å². The fourth-order valence-corrected chi connectivity index (χ4v) is 2.98. The average Bonchev–Trinajstić information content (AvgIpc) is 2.71. The maximum atomic E-state index is 11.9. The number of ether oxygens (including phenoxy) is 1. The third kappa shape index (κ3) is 3.17. The lowest BCUT2D eigenvalue weighted by Gasteiger charge is -2.06. The fraction of sp³-hybridized carbons (Fsp3) is 0.312. The number of benzene rings is 1. The van der Waals surface area contributed by atoms with E-state index in [0.717, 1.165) is 21.7 Å². The molecule has 0 fully saturated rings. The van der Waals surface area contributed by atoms with E-state index in [1.165, 1.54) is 29.8 Å². The van der Waals surface area contributed by atoms with Gasteiger partial charge in [-0.2, -0.15) is 0 Å². The van der Waals surface area contributed by atoms with Crippen LogP contribution in [0.1, 0.15) is 34.6 Å². The highest BCUT2D eigenvalue weighted by Gasteiger charge is 2.17. The van der Waals surface area contributed by atoms with Crippen molar-refractivity contribution in [2.45, 2.75) is 34.6 Å². The van der Waals surface area contributed by atoms with Crippen molar-refractivity contribution >= 4 is 28.9 Å². The van der Waals surface area contributed by atoms with Crippen LogP contribution >= 0.6 is 11.3 Å². The summed E-state index contributed by atoms with van der Waals surface area (Å²) in [7, 11) is 0. The van der Waals surface area contributed by atoms with E-state index in [1.807, 2.05) is 32.0 Å². The molecule has 0 spiro atoms. The topological polar surface area (TPSA) is 60.7 Å². The molecule has 0 aliphatic heterocycles. The number of carbonyl (C=O) groups is 2. The van der Waals surface area contributed by atoms with Crippen molar-refractivity contribution < 1.29 is 14.3 Å². The zero-order valence-corrected chi connectivity index (χ0v) is 14.1. The van der Waals surface area contributed by atoms with Crippen molar-refractivity contribution in [3.63, 3.8) is 0 Å². The molecule has 6 heteroatoms. The lowest BCUT2D eigenvalue weighted by molar-refractivity contribution is -0.132. The highest BCUT2D eigenvalue weighted by molar-refractivity contribution is 7.09. The number of esters is 1. The molecule has 116 valence electrons. The Bertz CT molecular complexity index is 815. The maximum absolute atomic E-state index is 11.9. The molecular formula is C16H18N2O3S. The normalized spacial score (nSPS) is 11.6. The van der Waals surface area contributed by atoms with Crippen molar-refractivity contribution in [3.8, 4) is 5.88 Å². The van der Waals surface area contributed by atoms with Gasteiger partial charge in [0.2, 0.25) is 11.8 Å². The molecule has 0 N–H and O–H groups in total. The van der Waals surface area contributed by atoms with Gasteiger partial charge in [0.1, 0.15) is 0 Å². The zero-order valence-electron chi connectivity index (χ0n) is 13.3. The van der Waals surface area contributed by atoms with Crippen LogP contribution in [0.2, 0.25) is 0 Å². The number of carbonyl (C=O) groups excluding carboxylic acids is 2. The largest absolute Gasteiger partial charge is 0.408 e. The molecule has 1 aromatic carbocycles. The van der Waals surface area contributed by atoms with Gasteiger partial charge in [-0.25, -0.2) is 9.56 Å². The number of aryl methyl sites for hydroxylation is 2. The second-order valence-corrected chi connectivity index (χ2v) is 6.21. The third-order valence-corrected chi connectivity index (χ3v) is 4.22. The Morgan fingerprint density at radius 3 is 2.45 bits per heavy atom. The van der Waals surface area contributed by atoms with Crippen LogP contribution in [0.25, 0.3) is 0 Å². The average molecular weight is 318 g/mol. The van der Waals surface area contributed by atoms with Crippen LogP contribution in [0.15, 0.2) is 23.2 Å². The first-order chi connectivity index (χ1) is 10.3. The first kappa shape index (κ1) is 16.2. The molecule has 0 aliphatic carbocycles. The van der Waals surface area contributed by atoms with Crippen LogP contribution in [-0.2, 0) is 4.79 Å². The summed E-state index contributed by atoms with van der Waals surface area (Å²) in [4.78, 5) is 29.0. The van der Waals surface area contributed by atoms with Gasteiger partial charge in [-0.1, -0.05) is 23.5 Å². The highest BCUT2D eigenvalue weighted by atomic mass is 32.1. The highest BCUT2D eigenvalue weighted by Crippen LogP contribution is 2.24. The zero-order chi connectivity index (χ0) is 16.4. The SMILES string of the molecule is CC(=O)Oc1c(C)sc(=Nc2cccc(C)c2C)n1C(C)=O. The summed E-state index contributed by atoms with van der Waals surface area (Å²) < 4.78 is 6.50. The summed E-state index contributed by atoms with van der Waals surface area (Å²) in [5.74, 6) is -0.465. The Hall–Kier alpha value is -2.21. The van der Waals surface area contributed by atoms with Gasteiger partial charge in [-0.15, -0.1) is 0 Å². The van der Waals surface area contributed by atoms with Crippen LogP contribution < -0.4 is 9.54 Å². The van der Waals surface area contributed by atoms with Gasteiger partial charge in [-0.05, 0) is 38.0 Å². The molecule has 0 saturated carbocycles. The molecule has 1 aromatic heterocycles. The minimum atomic E-state index is -0.464. The first-order valence-electron chi connectivity index (χ1n) is 6.84. The summed E-state index contributed by atoms with van der Waals surface area (Å²) in [5, 5.41) is 0. The van der Waals surface area contributed by atoms with Crippen LogP contribution in [0.4, 0.5) is 5.69 Å². The van der Waals surface area contributed by atoms with Gasteiger partial charge in [0.25, 0.3) is 0 Å². The summed E-state index contributed by atoms with van der Waals surface area (Å²) in [6.45, 7) is 8.52. The van der Waals surface area contributed by atoms with E-state index in [2.05, 4.69) is 4.99 Å². The molecular weight excluding hydrogens is 300 g/mol. The molecule has 5 nitrogen and oxygen atoms in total. The summed E-state index contributed by atoms with van der Waals surface area (Å²) in [6.07, 6.45) is 0. The van der Waals surface area contributed by atoms with Gasteiger partial charge in [0, 0.05) is 13.8 Å². The lowest BCUT2D eigenvalue weighted by Crippen LogP contribution is -2.22. The number of nitrogens with zero attached hydrogens (tertiary/aromatic N) is 2. The van der Waals surface area contributed by atoms with E-state index < -0.39 is 5.97 Å². The van der Waals surface area contributed by atoms with E-state index in [0.29, 0.717) is 4.80 Å². The quantitative estimate of drug-likeness (QED) is 0.798. The number of aromatic nitrogens is 1.